The highest BCUT2D eigenvalue weighted by molar-refractivity contribution is 9.08. The molecular weight excluding hydrogens is 312 g/mol. The number of rotatable bonds is 3. The molecule has 0 saturated heterocycles. The van der Waals surface area contributed by atoms with Gasteiger partial charge >= 0.3 is 0 Å². The highest BCUT2D eigenvalue weighted by atomic mass is 79.9. The van der Waals surface area contributed by atoms with Crippen molar-refractivity contribution in [3.8, 4) is 11.5 Å². The summed E-state index contributed by atoms with van der Waals surface area (Å²) in [5, 5.41) is 1.44. The van der Waals surface area contributed by atoms with E-state index < -0.39 is 0 Å². The molecule has 0 amide bonds. The Kier molecular flexibility index (Phi) is 4.31. The highest BCUT2D eigenvalue weighted by Gasteiger charge is 2.07. The number of hydrogen-bond acceptors (Lipinski definition) is 1. The minimum Gasteiger partial charge on any atom is -0.457 e. The topological polar surface area (TPSA) is 9.23 Å². The maximum absolute atomic E-state index is 5.97. The van der Waals surface area contributed by atoms with E-state index in [0.717, 1.165) is 27.6 Å². The number of ether oxygens (including phenoxy) is 1. The van der Waals surface area contributed by atoms with Crippen LogP contribution in [0.1, 0.15) is 16.7 Å². The third kappa shape index (κ3) is 3.06. The van der Waals surface area contributed by atoms with Crippen molar-refractivity contribution in [2.24, 2.45) is 0 Å². The maximum Gasteiger partial charge on any atom is 0.131 e. The molecule has 2 rings (SSSR count). The van der Waals surface area contributed by atoms with Crippen LogP contribution in [0.15, 0.2) is 36.4 Å². The zero-order chi connectivity index (χ0) is 13.1. The summed E-state index contributed by atoms with van der Waals surface area (Å²) in [6, 6.07) is 11.8. The molecule has 0 unspecified atom stereocenters. The molecule has 0 bridgehead atoms. The van der Waals surface area contributed by atoms with Crippen molar-refractivity contribution in [1.82, 2.24) is 0 Å². The van der Waals surface area contributed by atoms with Crippen molar-refractivity contribution in [3.63, 3.8) is 0 Å². The normalized spacial score (nSPS) is 10.4. The van der Waals surface area contributed by atoms with Crippen LogP contribution in [0.5, 0.6) is 11.5 Å². The Bertz CT molecular complexity index is 566. The van der Waals surface area contributed by atoms with E-state index in [4.69, 9.17) is 16.3 Å². The molecule has 1 nitrogen and oxygen atoms in total. The van der Waals surface area contributed by atoms with Gasteiger partial charge in [-0.15, -0.1) is 0 Å². The predicted octanol–water partition coefficient (Wildman–Crippen LogP) is 5.64. The van der Waals surface area contributed by atoms with Crippen LogP contribution in [0.25, 0.3) is 0 Å². The first kappa shape index (κ1) is 13.4. The number of halogens is 2. The van der Waals surface area contributed by atoms with E-state index in [0.29, 0.717) is 5.33 Å². The maximum atomic E-state index is 5.97. The van der Waals surface area contributed by atoms with Crippen LogP contribution < -0.4 is 4.74 Å². The first-order valence-electron chi connectivity index (χ1n) is 5.69. The van der Waals surface area contributed by atoms with Crippen LogP contribution in [0, 0.1) is 13.8 Å². The summed E-state index contributed by atoms with van der Waals surface area (Å²) in [4.78, 5) is 0. The van der Waals surface area contributed by atoms with Crippen molar-refractivity contribution in [1.29, 1.82) is 0 Å². The number of aryl methyl sites for hydroxylation is 2. The predicted molar refractivity (Wildman–Crippen MR) is 80.1 cm³/mol. The Morgan fingerprint density at radius 2 is 1.78 bits per heavy atom. The molecular formula is C15H14BrClO. The van der Waals surface area contributed by atoms with E-state index in [1.165, 1.54) is 5.56 Å². The van der Waals surface area contributed by atoms with Crippen molar-refractivity contribution in [3.05, 3.63) is 58.1 Å². The van der Waals surface area contributed by atoms with E-state index in [1.807, 2.05) is 37.3 Å². The second-order valence-corrected chi connectivity index (χ2v) is 5.25. The summed E-state index contributed by atoms with van der Waals surface area (Å²) in [7, 11) is 0. The lowest BCUT2D eigenvalue weighted by Gasteiger charge is -2.12. The molecule has 0 heterocycles. The summed E-state index contributed by atoms with van der Waals surface area (Å²) in [5.41, 5.74) is 3.41. The minimum atomic E-state index is 0.716. The van der Waals surface area contributed by atoms with Gasteiger partial charge in [0.1, 0.15) is 11.5 Å². The lowest BCUT2D eigenvalue weighted by molar-refractivity contribution is 0.475. The second-order valence-electron chi connectivity index (χ2n) is 4.26. The average molecular weight is 326 g/mol. The Morgan fingerprint density at radius 3 is 2.44 bits per heavy atom. The fraction of sp³-hybridized carbons (Fsp3) is 0.200. The molecule has 0 atom stereocenters. The summed E-state index contributed by atoms with van der Waals surface area (Å²) in [5.74, 6) is 1.72. The lowest BCUT2D eigenvalue weighted by Crippen LogP contribution is -1.92. The van der Waals surface area contributed by atoms with Gasteiger partial charge in [-0.25, -0.2) is 0 Å². The van der Waals surface area contributed by atoms with Crippen LogP contribution >= 0.6 is 27.5 Å². The third-order valence-electron chi connectivity index (χ3n) is 2.72. The second kappa shape index (κ2) is 5.77. The van der Waals surface area contributed by atoms with Crippen LogP contribution in [-0.4, -0.2) is 0 Å². The van der Waals surface area contributed by atoms with Gasteiger partial charge in [0.2, 0.25) is 0 Å². The molecule has 0 N–H and O–H groups in total. The fourth-order valence-corrected chi connectivity index (χ4v) is 2.42. The summed E-state index contributed by atoms with van der Waals surface area (Å²) in [6.07, 6.45) is 0. The smallest absolute Gasteiger partial charge is 0.131 e. The summed E-state index contributed by atoms with van der Waals surface area (Å²) < 4.78 is 5.95. The molecule has 0 fully saturated rings. The zero-order valence-corrected chi connectivity index (χ0v) is 12.7. The number of alkyl halides is 1. The van der Waals surface area contributed by atoms with Gasteiger partial charge in [-0.05, 0) is 43.7 Å². The van der Waals surface area contributed by atoms with E-state index in [2.05, 4.69) is 28.9 Å². The molecule has 2 aromatic rings. The molecule has 3 heteroatoms. The average Bonchev–Trinajstić information content (AvgIpc) is 2.34. The van der Waals surface area contributed by atoms with Gasteiger partial charge in [0.15, 0.2) is 0 Å². The van der Waals surface area contributed by atoms with Crippen molar-refractivity contribution >= 4 is 27.5 Å². The van der Waals surface area contributed by atoms with E-state index in [1.54, 1.807) is 0 Å². The van der Waals surface area contributed by atoms with E-state index in [-0.39, 0.29) is 0 Å². The Balaban J connectivity index is 2.33. The standard InChI is InChI=1S/C15H14BrClO/c1-10-3-5-14(11(2)7-10)18-15-6-4-13(17)8-12(15)9-16/h3-8H,9H2,1-2H3. The van der Waals surface area contributed by atoms with Gasteiger partial charge in [-0.1, -0.05) is 45.2 Å². The molecule has 94 valence electrons. The van der Waals surface area contributed by atoms with Crippen LogP contribution in [0.4, 0.5) is 0 Å². The lowest BCUT2D eigenvalue weighted by atomic mass is 10.1. The van der Waals surface area contributed by atoms with Gasteiger partial charge < -0.3 is 4.74 Å². The minimum absolute atomic E-state index is 0.716. The van der Waals surface area contributed by atoms with Gasteiger partial charge in [0.25, 0.3) is 0 Å². The Labute approximate surface area is 121 Å². The Hall–Kier alpha value is -0.990. The molecule has 18 heavy (non-hydrogen) atoms. The molecule has 0 aliphatic carbocycles. The molecule has 0 aromatic heterocycles. The van der Waals surface area contributed by atoms with Gasteiger partial charge in [-0.3, -0.25) is 0 Å². The SMILES string of the molecule is Cc1ccc(Oc2ccc(Cl)cc2CBr)c(C)c1. The molecule has 0 aliphatic heterocycles. The molecule has 0 saturated carbocycles. The van der Waals surface area contributed by atoms with Gasteiger partial charge in [0, 0.05) is 15.9 Å². The van der Waals surface area contributed by atoms with Crippen LogP contribution in [0.2, 0.25) is 5.02 Å². The quantitative estimate of drug-likeness (QED) is 0.663. The fourth-order valence-electron chi connectivity index (χ4n) is 1.78. The number of benzene rings is 2. The molecule has 2 aromatic carbocycles. The third-order valence-corrected chi connectivity index (χ3v) is 3.56. The van der Waals surface area contributed by atoms with Gasteiger partial charge in [-0.2, -0.15) is 0 Å². The van der Waals surface area contributed by atoms with E-state index in [9.17, 15) is 0 Å². The molecule has 0 spiro atoms. The van der Waals surface area contributed by atoms with E-state index >= 15 is 0 Å². The first-order valence-corrected chi connectivity index (χ1v) is 7.19. The Morgan fingerprint density at radius 1 is 1.06 bits per heavy atom. The summed E-state index contributed by atoms with van der Waals surface area (Å²) in [6.45, 7) is 4.12. The monoisotopic (exact) mass is 324 g/mol. The van der Waals surface area contributed by atoms with Crippen molar-refractivity contribution < 1.29 is 4.74 Å². The molecule has 0 aliphatic rings. The van der Waals surface area contributed by atoms with Crippen molar-refractivity contribution in [2.75, 3.05) is 0 Å². The van der Waals surface area contributed by atoms with Crippen molar-refractivity contribution in [2.45, 2.75) is 19.2 Å². The number of hydrogen-bond donors (Lipinski definition) is 0. The largest absolute Gasteiger partial charge is 0.457 e. The van der Waals surface area contributed by atoms with Crippen LogP contribution in [0.3, 0.4) is 0 Å². The van der Waals surface area contributed by atoms with Crippen LogP contribution in [-0.2, 0) is 5.33 Å². The van der Waals surface area contributed by atoms with Gasteiger partial charge in [0.05, 0.1) is 0 Å². The summed E-state index contributed by atoms with van der Waals surface area (Å²) >= 11 is 9.42. The first-order chi connectivity index (χ1) is 8.60. The zero-order valence-electron chi connectivity index (χ0n) is 10.3. The highest BCUT2D eigenvalue weighted by Crippen LogP contribution is 2.31. The molecule has 0 radical (unpaired) electrons.